The van der Waals surface area contributed by atoms with Crippen molar-refractivity contribution in [2.24, 2.45) is 0 Å². The summed E-state index contributed by atoms with van der Waals surface area (Å²) in [5, 5.41) is 24.7. The number of rotatable bonds is 9. The van der Waals surface area contributed by atoms with Crippen LogP contribution in [0, 0.1) is 6.92 Å². The molecule has 1 amide bonds. The number of hydrogen-bond donors (Lipinski definition) is 6. The fraction of sp³-hybridized carbons (Fsp3) is 0.263. The van der Waals surface area contributed by atoms with E-state index in [0.29, 0.717) is 22.6 Å². The fourth-order valence-corrected chi connectivity index (χ4v) is 3.81. The van der Waals surface area contributed by atoms with Crippen LogP contribution in [0.5, 0.6) is 0 Å². The number of aliphatic carboxylic acids is 2. The number of anilines is 3. The molecule has 0 aliphatic rings. The first kappa shape index (κ1) is 22.7. The summed E-state index contributed by atoms with van der Waals surface area (Å²) < 4.78 is 0. The largest absolute Gasteiger partial charge is 0.481 e. The van der Waals surface area contributed by atoms with Crippen molar-refractivity contribution in [2.75, 3.05) is 16.8 Å². The van der Waals surface area contributed by atoms with Crippen molar-refractivity contribution in [1.82, 2.24) is 20.3 Å². The summed E-state index contributed by atoms with van der Waals surface area (Å²) in [6, 6.07) is 1.96. The van der Waals surface area contributed by atoms with Gasteiger partial charge in [-0.15, -0.1) is 11.3 Å². The van der Waals surface area contributed by atoms with Crippen LogP contribution in [-0.4, -0.2) is 49.1 Å². The minimum atomic E-state index is -1.29. The maximum absolute atomic E-state index is 12.4. The monoisotopic (exact) mass is 459 g/mol. The molecule has 0 aliphatic heterocycles. The van der Waals surface area contributed by atoms with Crippen LogP contribution in [0.2, 0.25) is 0 Å². The third-order valence-electron chi connectivity index (χ3n) is 4.67. The molecule has 0 radical (unpaired) electrons. The lowest BCUT2D eigenvalue weighted by molar-refractivity contribution is -0.140. The minimum Gasteiger partial charge on any atom is -0.481 e. The predicted molar refractivity (Wildman–Crippen MR) is 118 cm³/mol. The number of nitrogens with zero attached hydrogens (tertiary/aromatic N) is 3. The van der Waals surface area contributed by atoms with E-state index in [2.05, 4.69) is 25.6 Å². The number of carbonyl (C=O) groups excluding carboxylic acids is 1. The van der Waals surface area contributed by atoms with E-state index in [0.717, 1.165) is 22.5 Å². The molecule has 32 heavy (non-hydrogen) atoms. The van der Waals surface area contributed by atoms with Crippen molar-refractivity contribution in [3.05, 3.63) is 34.3 Å². The lowest BCUT2D eigenvalue weighted by atomic mass is 10.1. The molecular formula is C19H21N7O5S. The smallest absolute Gasteiger partial charge is 0.326 e. The van der Waals surface area contributed by atoms with Crippen molar-refractivity contribution in [3.8, 4) is 0 Å². The van der Waals surface area contributed by atoms with Gasteiger partial charge < -0.3 is 32.3 Å². The molecule has 12 nitrogen and oxygen atoms in total. The highest BCUT2D eigenvalue weighted by molar-refractivity contribution is 7.17. The summed E-state index contributed by atoms with van der Waals surface area (Å²) in [5.41, 5.74) is 13.7. The van der Waals surface area contributed by atoms with Gasteiger partial charge in [-0.2, -0.15) is 9.97 Å². The Bertz CT molecular complexity index is 1200. The van der Waals surface area contributed by atoms with Gasteiger partial charge in [0.25, 0.3) is 5.91 Å². The second-order valence-corrected chi connectivity index (χ2v) is 7.97. The summed E-state index contributed by atoms with van der Waals surface area (Å²) in [4.78, 5) is 46.9. The van der Waals surface area contributed by atoms with Gasteiger partial charge in [-0.3, -0.25) is 9.59 Å². The summed E-state index contributed by atoms with van der Waals surface area (Å²) in [6.45, 7) is 2.25. The number of nitrogen functional groups attached to an aromatic ring is 2. The molecule has 1 atom stereocenters. The molecule has 0 aromatic carbocycles. The van der Waals surface area contributed by atoms with Gasteiger partial charge in [-0.05, 0) is 36.6 Å². The molecule has 0 saturated heterocycles. The molecule has 13 heteroatoms. The molecule has 3 heterocycles. The van der Waals surface area contributed by atoms with Crippen LogP contribution in [0.4, 0.5) is 16.8 Å². The standard InChI is InChI=1S/C19H21N7O5S/c1-8-9(7-23-16-14(8)15(20)25-19(21)26-16)6-22-12-4-3-11(32-12)17(29)24-10(18(30)31)2-5-13(27)28/h3-4,7,10,22H,2,5-6H2,1H3,(H,24,29)(H,27,28)(H,30,31)(H4,20,21,23,25,26)/t10-/m0/s1. The van der Waals surface area contributed by atoms with Gasteiger partial charge >= 0.3 is 11.9 Å². The Labute approximate surface area is 185 Å². The molecule has 0 unspecified atom stereocenters. The van der Waals surface area contributed by atoms with Gasteiger partial charge in [-0.1, -0.05) is 0 Å². The quantitative estimate of drug-likeness (QED) is 0.268. The zero-order valence-corrected chi connectivity index (χ0v) is 17.8. The Morgan fingerprint density at radius 3 is 2.62 bits per heavy atom. The minimum absolute atomic E-state index is 0.0465. The highest BCUT2D eigenvalue weighted by atomic mass is 32.1. The number of carboxylic acids is 2. The average Bonchev–Trinajstić information content (AvgIpc) is 3.18. The van der Waals surface area contributed by atoms with E-state index in [4.69, 9.17) is 16.6 Å². The zero-order valence-electron chi connectivity index (χ0n) is 17.0. The van der Waals surface area contributed by atoms with Crippen LogP contribution >= 0.6 is 11.3 Å². The SMILES string of the molecule is Cc1c(CNc2ccc(C(=O)N[C@@H](CCC(=O)O)C(=O)O)s2)cnc2nc(N)nc(N)c12. The molecule has 3 rings (SSSR count). The lowest BCUT2D eigenvalue weighted by Gasteiger charge is -2.12. The van der Waals surface area contributed by atoms with Gasteiger partial charge in [0.15, 0.2) is 5.65 Å². The van der Waals surface area contributed by atoms with E-state index in [1.807, 2.05) is 6.92 Å². The molecule has 0 saturated carbocycles. The number of thiophene rings is 1. The van der Waals surface area contributed by atoms with E-state index in [9.17, 15) is 19.5 Å². The summed E-state index contributed by atoms with van der Waals surface area (Å²) in [5.74, 6) is -2.73. The Kier molecular flexibility index (Phi) is 6.68. The second kappa shape index (κ2) is 9.43. The molecule has 3 aromatic rings. The third-order valence-corrected chi connectivity index (χ3v) is 5.71. The number of aryl methyl sites for hydroxylation is 1. The van der Waals surface area contributed by atoms with Gasteiger partial charge in [0.2, 0.25) is 5.95 Å². The number of fused-ring (bicyclic) bond motifs is 1. The Balaban J connectivity index is 1.67. The van der Waals surface area contributed by atoms with E-state index in [1.165, 1.54) is 0 Å². The number of pyridine rings is 1. The molecule has 0 aliphatic carbocycles. The maximum atomic E-state index is 12.4. The molecule has 0 fully saturated rings. The highest BCUT2D eigenvalue weighted by Crippen LogP contribution is 2.26. The first-order valence-electron chi connectivity index (χ1n) is 9.42. The van der Waals surface area contributed by atoms with Gasteiger partial charge in [-0.25, -0.2) is 9.78 Å². The predicted octanol–water partition coefficient (Wildman–Crippen LogP) is 1.22. The number of carboxylic acid groups (broad SMARTS) is 2. The molecule has 3 aromatic heterocycles. The molecule has 168 valence electrons. The van der Waals surface area contributed by atoms with Gasteiger partial charge in [0.05, 0.1) is 15.3 Å². The van der Waals surface area contributed by atoms with Gasteiger partial charge in [0.1, 0.15) is 11.9 Å². The number of carbonyl (C=O) groups is 3. The van der Waals surface area contributed by atoms with Crippen molar-refractivity contribution < 1.29 is 24.6 Å². The van der Waals surface area contributed by atoms with Crippen LogP contribution in [-0.2, 0) is 16.1 Å². The lowest BCUT2D eigenvalue weighted by Crippen LogP contribution is -2.40. The van der Waals surface area contributed by atoms with Crippen molar-refractivity contribution in [3.63, 3.8) is 0 Å². The van der Waals surface area contributed by atoms with Crippen molar-refractivity contribution in [1.29, 1.82) is 0 Å². The van der Waals surface area contributed by atoms with Crippen molar-refractivity contribution >= 4 is 57.0 Å². The number of nitrogens with two attached hydrogens (primary N) is 2. The topological polar surface area (TPSA) is 206 Å². The Morgan fingerprint density at radius 2 is 1.94 bits per heavy atom. The van der Waals surface area contributed by atoms with Crippen LogP contribution in [0.25, 0.3) is 11.0 Å². The number of nitrogens with one attached hydrogen (secondary N) is 2. The van der Waals surface area contributed by atoms with E-state index in [-0.39, 0.29) is 29.5 Å². The Hall–Kier alpha value is -4.00. The number of hydrogen-bond acceptors (Lipinski definition) is 10. The zero-order chi connectivity index (χ0) is 23.4. The second-order valence-electron chi connectivity index (χ2n) is 6.89. The maximum Gasteiger partial charge on any atom is 0.326 e. The van der Waals surface area contributed by atoms with Crippen molar-refractivity contribution in [2.45, 2.75) is 32.4 Å². The third kappa shape index (κ3) is 5.18. The van der Waals surface area contributed by atoms with Crippen LogP contribution in [0.15, 0.2) is 18.3 Å². The van der Waals surface area contributed by atoms with E-state index in [1.54, 1.807) is 18.3 Å². The van der Waals surface area contributed by atoms with Crippen LogP contribution < -0.4 is 22.1 Å². The summed E-state index contributed by atoms with van der Waals surface area (Å²) in [7, 11) is 0. The molecular weight excluding hydrogens is 438 g/mol. The molecule has 0 spiro atoms. The van der Waals surface area contributed by atoms with E-state index < -0.39 is 23.9 Å². The normalized spacial score (nSPS) is 11.8. The Morgan fingerprint density at radius 1 is 1.19 bits per heavy atom. The first-order chi connectivity index (χ1) is 15.2. The summed E-state index contributed by atoms with van der Waals surface area (Å²) in [6.07, 6.45) is 1.08. The van der Waals surface area contributed by atoms with Crippen LogP contribution in [0.1, 0.15) is 33.6 Å². The van der Waals surface area contributed by atoms with Gasteiger partial charge in [0, 0.05) is 19.2 Å². The number of amides is 1. The first-order valence-corrected chi connectivity index (χ1v) is 10.2. The van der Waals surface area contributed by atoms with Crippen LogP contribution in [0.3, 0.4) is 0 Å². The molecule has 8 N–H and O–H groups in total. The summed E-state index contributed by atoms with van der Waals surface area (Å²) >= 11 is 1.13. The van der Waals surface area contributed by atoms with E-state index >= 15 is 0 Å². The number of aromatic nitrogens is 3. The average molecular weight is 459 g/mol. The fourth-order valence-electron chi connectivity index (χ4n) is 3.00. The molecule has 0 bridgehead atoms. The highest BCUT2D eigenvalue weighted by Gasteiger charge is 2.22.